The first-order chi connectivity index (χ1) is 17.1. The first-order valence-electron chi connectivity index (χ1n) is 12.7. The molecule has 1 amide bonds. The van der Waals surface area contributed by atoms with E-state index in [1.165, 1.54) is 24.3 Å². The number of fused-ring (bicyclic) bond motifs is 1. The molecule has 1 aliphatic carbocycles. The van der Waals surface area contributed by atoms with E-state index in [2.05, 4.69) is 22.3 Å². The second kappa shape index (κ2) is 9.79. The third-order valence-electron chi connectivity index (χ3n) is 8.11. The molecule has 1 saturated carbocycles. The second-order valence-corrected chi connectivity index (χ2v) is 12.6. The highest BCUT2D eigenvalue weighted by Crippen LogP contribution is 2.39. The highest BCUT2D eigenvalue weighted by Gasteiger charge is 2.42. The van der Waals surface area contributed by atoms with E-state index in [1.54, 1.807) is 23.1 Å². The number of hydrogen-bond acceptors (Lipinski definition) is 7. The molecule has 6 rings (SSSR count). The van der Waals surface area contributed by atoms with Gasteiger partial charge in [-0.3, -0.25) is 4.79 Å². The molecule has 184 valence electrons. The van der Waals surface area contributed by atoms with Gasteiger partial charge in [0.1, 0.15) is 5.82 Å². The molecule has 2 atom stereocenters. The maximum Gasteiger partial charge on any atom is 0.253 e. The number of thioether (sulfide) groups is 1. The molecular weight excluding hydrogens is 476 g/mol. The van der Waals surface area contributed by atoms with Crippen molar-refractivity contribution in [3.05, 3.63) is 47.0 Å². The van der Waals surface area contributed by atoms with Gasteiger partial charge in [-0.15, -0.1) is 23.1 Å². The highest BCUT2D eigenvalue weighted by atomic mass is 32.2. The van der Waals surface area contributed by atoms with E-state index in [1.807, 2.05) is 29.4 Å². The Bertz CT molecular complexity index is 1200. The number of carbonyl (C=O) groups is 1. The van der Waals surface area contributed by atoms with E-state index in [0.29, 0.717) is 17.3 Å². The van der Waals surface area contributed by atoms with Crippen LogP contribution in [0, 0.1) is 17.3 Å². The Kier molecular flexibility index (Phi) is 6.54. The number of carbonyl (C=O) groups excluding carboxylic acids is 1. The molecule has 6 nitrogen and oxygen atoms in total. The summed E-state index contributed by atoms with van der Waals surface area (Å²) < 4.78 is 6.55. The van der Waals surface area contributed by atoms with E-state index in [4.69, 9.17) is 9.72 Å². The van der Waals surface area contributed by atoms with E-state index in [9.17, 15) is 4.79 Å². The quantitative estimate of drug-likeness (QED) is 0.423. The second-order valence-electron chi connectivity index (χ2n) is 10.6. The van der Waals surface area contributed by atoms with Gasteiger partial charge in [0, 0.05) is 54.2 Å². The van der Waals surface area contributed by atoms with E-state index in [-0.39, 0.29) is 5.91 Å². The number of benzene rings is 1. The molecule has 1 spiro atoms. The summed E-state index contributed by atoms with van der Waals surface area (Å²) in [6, 6.07) is 6.04. The zero-order chi connectivity index (χ0) is 23.8. The van der Waals surface area contributed by atoms with Crippen LogP contribution in [-0.4, -0.2) is 58.3 Å². The molecule has 0 radical (unpaired) electrons. The maximum atomic E-state index is 13.1. The molecule has 0 bridgehead atoms. The Labute approximate surface area is 214 Å². The lowest BCUT2D eigenvalue weighted by atomic mass is 9.77. The van der Waals surface area contributed by atoms with Crippen LogP contribution in [-0.2, 0) is 17.6 Å². The number of amides is 1. The van der Waals surface area contributed by atoms with Crippen molar-refractivity contribution >= 4 is 39.2 Å². The number of rotatable bonds is 6. The van der Waals surface area contributed by atoms with Gasteiger partial charge in [0.2, 0.25) is 0 Å². The Morgan fingerprint density at radius 2 is 1.89 bits per heavy atom. The number of nitrogens with zero attached hydrogens (tertiary/aromatic N) is 4. The summed E-state index contributed by atoms with van der Waals surface area (Å²) in [4.78, 5) is 30.3. The Balaban J connectivity index is 1.06. The van der Waals surface area contributed by atoms with Gasteiger partial charge in [-0.2, -0.15) is 0 Å². The van der Waals surface area contributed by atoms with Gasteiger partial charge in [-0.05, 0) is 68.4 Å². The maximum absolute atomic E-state index is 13.1. The van der Waals surface area contributed by atoms with Gasteiger partial charge >= 0.3 is 0 Å². The number of thiazole rings is 1. The first-order valence-corrected chi connectivity index (χ1v) is 14.7. The van der Waals surface area contributed by atoms with Crippen molar-refractivity contribution in [3.8, 4) is 0 Å². The zero-order valence-corrected chi connectivity index (χ0v) is 21.9. The summed E-state index contributed by atoms with van der Waals surface area (Å²) in [6.45, 7) is 3.41. The van der Waals surface area contributed by atoms with Gasteiger partial charge in [0.25, 0.3) is 5.91 Å². The fourth-order valence-electron chi connectivity index (χ4n) is 5.85. The minimum Gasteiger partial charge on any atom is -0.380 e. The van der Waals surface area contributed by atoms with Crippen molar-refractivity contribution in [2.75, 3.05) is 32.6 Å². The molecular formula is C27H32N4O2S2. The molecule has 0 N–H and O–H groups in total. The Morgan fingerprint density at radius 1 is 1.14 bits per heavy atom. The van der Waals surface area contributed by atoms with Crippen molar-refractivity contribution in [1.29, 1.82) is 0 Å². The normalized spacial score (nSPS) is 23.6. The van der Waals surface area contributed by atoms with Gasteiger partial charge in [0.05, 0.1) is 28.4 Å². The average molecular weight is 509 g/mol. The van der Waals surface area contributed by atoms with Gasteiger partial charge in [-0.25, -0.2) is 15.0 Å². The van der Waals surface area contributed by atoms with Crippen molar-refractivity contribution < 1.29 is 9.53 Å². The molecule has 3 aliphatic rings. The molecule has 2 aromatic heterocycles. The van der Waals surface area contributed by atoms with Crippen molar-refractivity contribution in [3.63, 3.8) is 0 Å². The minimum absolute atomic E-state index is 0.156. The summed E-state index contributed by atoms with van der Waals surface area (Å²) in [6.07, 6.45) is 13.7. The molecule has 3 aromatic rings. The lowest BCUT2D eigenvalue weighted by Crippen LogP contribution is -2.52. The van der Waals surface area contributed by atoms with Crippen LogP contribution in [0.15, 0.2) is 35.5 Å². The van der Waals surface area contributed by atoms with E-state index in [0.717, 1.165) is 78.5 Å². The third kappa shape index (κ3) is 4.98. The Hall–Kier alpha value is -2.03. The molecule has 2 aliphatic heterocycles. The molecule has 35 heavy (non-hydrogen) atoms. The van der Waals surface area contributed by atoms with Crippen LogP contribution in [0.1, 0.15) is 53.3 Å². The lowest BCUT2D eigenvalue weighted by Gasteiger charge is -2.47. The predicted octanol–water partition coefficient (Wildman–Crippen LogP) is 5.26. The number of piperidine rings is 1. The van der Waals surface area contributed by atoms with Crippen LogP contribution in [0.25, 0.3) is 10.2 Å². The third-order valence-corrected chi connectivity index (χ3v) is 9.83. The molecule has 1 aromatic carbocycles. The highest BCUT2D eigenvalue weighted by molar-refractivity contribution is 7.98. The fraction of sp³-hybridized carbons (Fsp3) is 0.556. The molecule has 2 saturated heterocycles. The average Bonchev–Trinajstić information content (AvgIpc) is 3.48. The topological polar surface area (TPSA) is 68.2 Å². The molecule has 4 heterocycles. The largest absolute Gasteiger partial charge is 0.380 e. The number of likely N-dealkylation sites (tertiary alicyclic amines) is 1. The fourth-order valence-corrected chi connectivity index (χ4v) is 7.28. The minimum atomic E-state index is 0.156. The van der Waals surface area contributed by atoms with Gasteiger partial charge in [-0.1, -0.05) is 0 Å². The van der Waals surface area contributed by atoms with Crippen LogP contribution < -0.4 is 0 Å². The lowest BCUT2D eigenvalue weighted by molar-refractivity contribution is -0.136. The molecule has 8 heteroatoms. The monoisotopic (exact) mass is 508 g/mol. The van der Waals surface area contributed by atoms with Crippen LogP contribution >= 0.6 is 23.1 Å². The molecule has 3 fully saturated rings. The van der Waals surface area contributed by atoms with Crippen molar-refractivity contribution in [2.24, 2.45) is 17.3 Å². The number of ether oxygens (including phenoxy) is 1. The van der Waals surface area contributed by atoms with Crippen molar-refractivity contribution in [1.82, 2.24) is 19.9 Å². The van der Waals surface area contributed by atoms with Crippen LogP contribution in [0.4, 0.5) is 0 Å². The number of hydrogen-bond donors (Lipinski definition) is 0. The summed E-state index contributed by atoms with van der Waals surface area (Å²) >= 11 is 3.44. The van der Waals surface area contributed by atoms with Gasteiger partial charge in [0.15, 0.2) is 0 Å². The summed E-state index contributed by atoms with van der Waals surface area (Å²) in [5, 5.41) is 1.20. The predicted molar refractivity (Wildman–Crippen MR) is 140 cm³/mol. The van der Waals surface area contributed by atoms with Crippen LogP contribution in [0.5, 0.6) is 0 Å². The SMILES string of the molecule is CSc1cnc(C[C@H]2CC[C@H](Cc3nc4ccc(C(=O)N5CCC6(CC5)COC6)cc4s3)C2)nc1. The summed E-state index contributed by atoms with van der Waals surface area (Å²) in [5.74, 6) is 2.45. The smallest absolute Gasteiger partial charge is 0.253 e. The summed E-state index contributed by atoms with van der Waals surface area (Å²) in [7, 11) is 0. The van der Waals surface area contributed by atoms with E-state index < -0.39 is 0 Å². The Morgan fingerprint density at radius 3 is 2.57 bits per heavy atom. The van der Waals surface area contributed by atoms with E-state index >= 15 is 0 Å². The standard InChI is InChI=1S/C27H32N4O2S2/c1-34-21-14-28-24(29-15-21)11-18-2-3-19(10-18)12-25-30-22-5-4-20(13-23(22)35-25)26(32)31-8-6-27(7-9-31)16-33-17-27/h4-5,13-15,18-19H,2-3,6-12,16-17H2,1H3/t18-,19-/m0/s1. The summed E-state index contributed by atoms with van der Waals surface area (Å²) in [5.41, 5.74) is 2.16. The number of aromatic nitrogens is 3. The van der Waals surface area contributed by atoms with Crippen LogP contribution in [0.2, 0.25) is 0 Å². The van der Waals surface area contributed by atoms with Gasteiger partial charge < -0.3 is 9.64 Å². The first kappa shape index (κ1) is 23.4. The zero-order valence-electron chi connectivity index (χ0n) is 20.2. The van der Waals surface area contributed by atoms with Crippen LogP contribution in [0.3, 0.4) is 0 Å². The molecule has 0 unspecified atom stereocenters. The van der Waals surface area contributed by atoms with Crippen molar-refractivity contribution in [2.45, 2.75) is 49.8 Å².